The number of hydrogen-bond acceptors (Lipinski definition) is 4. The number of nitrogens with one attached hydrogen (secondary N) is 1. The molecular formula is C23H25N3O4. The Labute approximate surface area is 175 Å². The van der Waals surface area contributed by atoms with Crippen LogP contribution in [0.5, 0.6) is 17.2 Å². The molecule has 2 amide bonds. The molecule has 1 N–H and O–H groups in total. The third kappa shape index (κ3) is 3.66. The number of carbonyl (C=O) groups excluding carboxylic acids is 1. The summed E-state index contributed by atoms with van der Waals surface area (Å²) in [7, 11) is 4.85. The number of hydrogen-bond donors (Lipinski definition) is 1. The van der Waals surface area contributed by atoms with E-state index in [2.05, 4.69) is 9.88 Å². The van der Waals surface area contributed by atoms with Crippen molar-refractivity contribution in [1.29, 1.82) is 0 Å². The lowest BCUT2D eigenvalue weighted by atomic mass is 9.99. The summed E-state index contributed by atoms with van der Waals surface area (Å²) in [6, 6.07) is 16.6. The van der Waals surface area contributed by atoms with Gasteiger partial charge in [0.05, 0.1) is 21.3 Å². The van der Waals surface area contributed by atoms with Crippen molar-refractivity contribution in [2.45, 2.75) is 12.6 Å². The molecule has 1 unspecified atom stereocenters. The molecule has 1 atom stereocenters. The molecule has 1 aliphatic heterocycles. The standard InChI is InChI=1S/C23H25N3O4/c1-28-17-7-4-6-16(14-17)24-23(27)26-13-12-25-11-5-8-20(25)22(26)19-10-9-18(29-2)15-21(19)30-3/h4-11,14-15,22H,12-13H2,1-3H3,(H,24,27). The topological polar surface area (TPSA) is 65.0 Å². The van der Waals surface area contributed by atoms with Crippen molar-refractivity contribution in [1.82, 2.24) is 9.47 Å². The number of ether oxygens (including phenoxy) is 3. The lowest BCUT2D eigenvalue weighted by Gasteiger charge is -2.37. The molecule has 7 heteroatoms. The van der Waals surface area contributed by atoms with E-state index in [9.17, 15) is 4.79 Å². The summed E-state index contributed by atoms with van der Waals surface area (Å²) in [6.07, 6.45) is 2.04. The number of rotatable bonds is 5. The largest absolute Gasteiger partial charge is 0.497 e. The van der Waals surface area contributed by atoms with E-state index in [0.717, 1.165) is 17.8 Å². The molecule has 156 valence electrons. The van der Waals surface area contributed by atoms with Crippen LogP contribution in [0.4, 0.5) is 10.5 Å². The average Bonchev–Trinajstić information content (AvgIpc) is 3.27. The van der Waals surface area contributed by atoms with Gasteiger partial charge in [0.1, 0.15) is 23.3 Å². The van der Waals surface area contributed by atoms with Gasteiger partial charge in [-0.1, -0.05) is 6.07 Å². The van der Waals surface area contributed by atoms with Gasteiger partial charge in [-0.3, -0.25) is 0 Å². The molecule has 0 aliphatic carbocycles. The molecule has 2 heterocycles. The maximum Gasteiger partial charge on any atom is 0.322 e. The minimum Gasteiger partial charge on any atom is -0.497 e. The van der Waals surface area contributed by atoms with E-state index in [0.29, 0.717) is 29.5 Å². The molecule has 1 aromatic heterocycles. The van der Waals surface area contributed by atoms with Gasteiger partial charge in [-0.25, -0.2) is 4.79 Å². The Balaban J connectivity index is 1.71. The van der Waals surface area contributed by atoms with Gasteiger partial charge in [0.2, 0.25) is 0 Å². The summed E-state index contributed by atoms with van der Waals surface area (Å²) in [6.45, 7) is 1.29. The molecule has 0 radical (unpaired) electrons. The first-order valence-corrected chi connectivity index (χ1v) is 9.73. The number of nitrogens with zero attached hydrogens (tertiary/aromatic N) is 2. The van der Waals surface area contributed by atoms with E-state index in [1.165, 1.54) is 0 Å². The lowest BCUT2D eigenvalue weighted by Crippen LogP contribution is -2.44. The molecule has 0 spiro atoms. The monoisotopic (exact) mass is 407 g/mol. The second-order valence-corrected chi connectivity index (χ2v) is 6.99. The molecule has 0 saturated heterocycles. The summed E-state index contributed by atoms with van der Waals surface area (Å²) in [4.78, 5) is 15.1. The minimum absolute atomic E-state index is 0.182. The fourth-order valence-corrected chi connectivity index (χ4v) is 3.87. The highest BCUT2D eigenvalue weighted by Gasteiger charge is 2.34. The van der Waals surface area contributed by atoms with Gasteiger partial charge in [-0.15, -0.1) is 0 Å². The number of urea groups is 1. The zero-order chi connectivity index (χ0) is 21.1. The Bertz CT molecular complexity index is 1050. The zero-order valence-corrected chi connectivity index (χ0v) is 17.3. The first-order chi connectivity index (χ1) is 14.6. The second kappa shape index (κ2) is 8.41. The van der Waals surface area contributed by atoms with Crippen LogP contribution in [0.1, 0.15) is 17.3 Å². The van der Waals surface area contributed by atoms with Crippen LogP contribution in [0.2, 0.25) is 0 Å². The molecule has 30 heavy (non-hydrogen) atoms. The average molecular weight is 407 g/mol. The van der Waals surface area contributed by atoms with Crippen LogP contribution in [-0.4, -0.2) is 43.4 Å². The molecule has 3 aromatic rings. The Morgan fingerprint density at radius 1 is 0.933 bits per heavy atom. The third-order valence-electron chi connectivity index (χ3n) is 5.36. The Kier molecular flexibility index (Phi) is 5.52. The summed E-state index contributed by atoms with van der Waals surface area (Å²) in [5.41, 5.74) is 2.62. The quantitative estimate of drug-likeness (QED) is 0.690. The number of carbonyl (C=O) groups is 1. The van der Waals surface area contributed by atoms with Crippen molar-refractivity contribution in [2.75, 3.05) is 33.2 Å². The van der Waals surface area contributed by atoms with Gasteiger partial charge in [-0.05, 0) is 36.4 Å². The van der Waals surface area contributed by atoms with Crippen LogP contribution in [0.3, 0.4) is 0 Å². The van der Waals surface area contributed by atoms with Crippen molar-refractivity contribution in [2.24, 2.45) is 0 Å². The van der Waals surface area contributed by atoms with Gasteiger partial charge < -0.3 is 29.0 Å². The van der Waals surface area contributed by atoms with E-state index in [-0.39, 0.29) is 12.1 Å². The van der Waals surface area contributed by atoms with Crippen molar-refractivity contribution in [3.8, 4) is 17.2 Å². The number of methoxy groups -OCH3 is 3. The SMILES string of the molecule is COc1cccc(NC(=O)N2CCn3cccc3C2c2ccc(OC)cc2OC)c1. The normalized spacial score (nSPS) is 15.3. The fourth-order valence-electron chi connectivity index (χ4n) is 3.87. The molecule has 4 rings (SSSR count). The van der Waals surface area contributed by atoms with E-state index in [1.807, 2.05) is 59.6 Å². The third-order valence-corrected chi connectivity index (χ3v) is 5.36. The van der Waals surface area contributed by atoms with Crippen LogP contribution in [0, 0.1) is 0 Å². The van der Waals surface area contributed by atoms with Crippen LogP contribution in [-0.2, 0) is 6.54 Å². The Morgan fingerprint density at radius 2 is 1.73 bits per heavy atom. The predicted octanol–water partition coefficient (Wildman–Crippen LogP) is 4.15. The fraction of sp³-hybridized carbons (Fsp3) is 0.261. The maximum atomic E-state index is 13.3. The maximum absolute atomic E-state index is 13.3. The van der Waals surface area contributed by atoms with E-state index < -0.39 is 0 Å². The van der Waals surface area contributed by atoms with Crippen molar-refractivity contribution >= 4 is 11.7 Å². The highest BCUT2D eigenvalue weighted by Crippen LogP contribution is 2.39. The van der Waals surface area contributed by atoms with Crippen LogP contribution in [0.15, 0.2) is 60.8 Å². The highest BCUT2D eigenvalue weighted by molar-refractivity contribution is 5.90. The molecule has 1 aliphatic rings. The zero-order valence-electron chi connectivity index (χ0n) is 17.3. The number of anilines is 1. The first kappa shape index (κ1) is 19.7. The minimum atomic E-state index is -0.291. The Morgan fingerprint density at radius 3 is 2.50 bits per heavy atom. The molecule has 0 bridgehead atoms. The van der Waals surface area contributed by atoms with Crippen LogP contribution in [0.25, 0.3) is 0 Å². The predicted molar refractivity (Wildman–Crippen MR) is 115 cm³/mol. The van der Waals surface area contributed by atoms with Gasteiger partial charge in [0.25, 0.3) is 0 Å². The van der Waals surface area contributed by atoms with E-state index in [4.69, 9.17) is 14.2 Å². The van der Waals surface area contributed by atoms with Crippen LogP contribution >= 0.6 is 0 Å². The molecule has 7 nitrogen and oxygen atoms in total. The number of amides is 2. The summed E-state index contributed by atoms with van der Waals surface area (Å²) < 4.78 is 18.4. The molecular weight excluding hydrogens is 382 g/mol. The van der Waals surface area contributed by atoms with Crippen LogP contribution < -0.4 is 19.5 Å². The molecule has 2 aromatic carbocycles. The van der Waals surface area contributed by atoms with Crippen molar-refractivity contribution < 1.29 is 19.0 Å². The summed E-state index contributed by atoms with van der Waals surface area (Å²) in [5, 5.41) is 3.00. The molecule has 0 saturated carbocycles. The Hall–Kier alpha value is -3.61. The first-order valence-electron chi connectivity index (χ1n) is 9.73. The lowest BCUT2D eigenvalue weighted by molar-refractivity contribution is 0.180. The smallest absolute Gasteiger partial charge is 0.322 e. The second-order valence-electron chi connectivity index (χ2n) is 6.99. The summed E-state index contributed by atoms with van der Waals surface area (Å²) in [5.74, 6) is 2.07. The van der Waals surface area contributed by atoms with Gasteiger partial charge in [0, 0.05) is 48.4 Å². The highest BCUT2D eigenvalue weighted by atomic mass is 16.5. The van der Waals surface area contributed by atoms with E-state index >= 15 is 0 Å². The number of benzene rings is 2. The van der Waals surface area contributed by atoms with Gasteiger partial charge in [0.15, 0.2) is 0 Å². The number of aromatic nitrogens is 1. The van der Waals surface area contributed by atoms with Gasteiger partial charge >= 0.3 is 6.03 Å². The van der Waals surface area contributed by atoms with Crippen molar-refractivity contribution in [3.63, 3.8) is 0 Å². The summed E-state index contributed by atoms with van der Waals surface area (Å²) >= 11 is 0. The molecule has 0 fully saturated rings. The van der Waals surface area contributed by atoms with Crippen molar-refractivity contribution in [3.05, 3.63) is 72.1 Å². The number of fused-ring (bicyclic) bond motifs is 1. The van der Waals surface area contributed by atoms with Gasteiger partial charge in [-0.2, -0.15) is 0 Å². The van der Waals surface area contributed by atoms with E-state index in [1.54, 1.807) is 27.4 Å².